The molecule has 1 atom stereocenters. The zero-order valence-electron chi connectivity index (χ0n) is 13.4. The van der Waals surface area contributed by atoms with Gasteiger partial charge in [-0.3, -0.25) is 4.79 Å². The highest BCUT2D eigenvalue weighted by molar-refractivity contribution is 7.14. The summed E-state index contributed by atoms with van der Waals surface area (Å²) in [5.41, 5.74) is 1.27. The SMILES string of the molecule is CCCc1cc(C(=O)N2CCCC(c3n[nH]c(=O)o3)C2)sc1C. The number of hydrogen-bond acceptors (Lipinski definition) is 5. The number of thiophene rings is 1. The Morgan fingerprint density at radius 1 is 1.57 bits per heavy atom. The quantitative estimate of drug-likeness (QED) is 0.932. The maximum Gasteiger partial charge on any atom is 0.434 e. The Balaban J connectivity index is 1.74. The minimum atomic E-state index is -0.540. The van der Waals surface area contributed by atoms with Crippen LogP contribution in [0.1, 0.15) is 58.1 Å². The van der Waals surface area contributed by atoms with Crippen LogP contribution < -0.4 is 5.76 Å². The molecule has 1 N–H and O–H groups in total. The number of nitrogens with one attached hydrogen (secondary N) is 1. The first-order valence-corrected chi connectivity index (χ1v) is 8.84. The fraction of sp³-hybridized carbons (Fsp3) is 0.562. The fourth-order valence-corrected chi connectivity index (χ4v) is 4.12. The lowest BCUT2D eigenvalue weighted by molar-refractivity contribution is 0.0702. The molecule has 2 aromatic heterocycles. The summed E-state index contributed by atoms with van der Waals surface area (Å²) < 4.78 is 5.05. The minimum Gasteiger partial charge on any atom is -0.392 e. The molecule has 1 aliphatic rings. The topological polar surface area (TPSA) is 79.2 Å². The van der Waals surface area contributed by atoms with Crippen molar-refractivity contribution in [2.24, 2.45) is 0 Å². The van der Waals surface area contributed by atoms with E-state index in [1.54, 1.807) is 11.3 Å². The van der Waals surface area contributed by atoms with E-state index in [0.29, 0.717) is 12.4 Å². The van der Waals surface area contributed by atoms with Gasteiger partial charge in [0.2, 0.25) is 5.89 Å². The third kappa shape index (κ3) is 3.39. The first-order chi connectivity index (χ1) is 11.1. The third-order valence-corrected chi connectivity index (χ3v) is 5.34. The largest absolute Gasteiger partial charge is 0.434 e. The predicted molar refractivity (Wildman–Crippen MR) is 88.1 cm³/mol. The number of likely N-dealkylation sites (tertiary alicyclic amines) is 1. The second-order valence-electron chi connectivity index (χ2n) is 5.98. The van der Waals surface area contributed by atoms with Crippen molar-refractivity contribution in [1.82, 2.24) is 15.1 Å². The van der Waals surface area contributed by atoms with Gasteiger partial charge in [0.15, 0.2) is 0 Å². The molecule has 7 heteroatoms. The van der Waals surface area contributed by atoms with Gasteiger partial charge in [0, 0.05) is 18.0 Å². The van der Waals surface area contributed by atoms with E-state index in [9.17, 15) is 9.59 Å². The van der Waals surface area contributed by atoms with Crippen molar-refractivity contribution in [3.8, 4) is 0 Å². The molecule has 1 unspecified atom stereocenters. The molecule has 0 spiro atoms. The monoisotopic (exact) mass is 335 g/mol. The lowest BCUT2D eigenvalue weighted by atomic mass is 9.98. The van der Waals surface area contributed by atoms with E-state index in [4.69, 9.17) is 4.42 Å². The smallest absolute Gasteiger partial charge is 0.392 e. The van der Waals surface area contributed by atoms with Crippen molar-refractivity contribution in [3.63, 3.8) is 0 Å². The van der Waals surface area contributed by atoms with Gasteiger partial charge in [-0.2, -0.15) is 0 Å². The van der Waals surface area contributed by atoms with Crippen molar-refractivity contribution in [2.75, 3.05) is 13.1 Å². The summed E-state index contributed by atoms with van der Waals surface area (Å²) in [6, 6.07) is 2.03. The number of H-pyrrole nitrogens is 1. The summed E-state index contributed by atoms with van der Waals surface area (Å²) in [5.74, 6) is -0.0751. The van der Waals surface area contributed by atoms with Crippen LogP contribution in [-0.2, 0) is 6.42 Å². The van der Waals surface area contributed by atoms with Crippen LogP contribution in [0.15, 0.2) is 15.3 Å². The Morgan fingerprint density at radius 2 is 2.39 bits per heavy atom. The van der Waals surface area contributed by atoms with Gasteiger partial charge in [-0.1, -0.05) is 13.3 Å². The first-order valence-electron chi connectivity index (χ1n) is 8.02. The second-order valence-corrected chi connectivity index (χ2v) is 7.24. The van der Waals surface area contributed by atoms with Gasteiger partial charge in [0.05, 0.1) is 10.8 Å². The van der Waals surface area contributed by atoms with Crippen molar-refractivity contribution in [3.05, 3.63) is 37.8 Å². The highest BCUT2D eigenvalue weighted by atomic mass is 32.1. The van der Waals surface area contributed by atoms with Crippen LogP contribution in [0.2, 0.25) is 0 Å². The molecule has 2 aromatic rings. The first kappa shape index (κ1) is 16.0. The summed E-state index contributed by atoms with van der Waals surface area (Å²) in [5, 5.41) is 6.20. The lowest BCUT2D eigenvalue weighted by Crippen LogP contribution is -2.38. The molecule has 6 nitrogen and oxygen atoms in total. The van der Waals surface area contributed by atoms with E-state index in [-0.39, 0.29) is 11.8 Å². The van der Waals surface area contributed by atoms with Crippen LogP contribution in [-0.4, -0.2) is 34.1 Å². The van der Waals surface area contributed by atoms with E-state index < -0.39 is 5.76 Å². The van der Waals surface area contributed by atoms with Crippen LogP contribution in [0.5, 0.6) is 0 Å². The van der Waals surface area contributed by atoms with E-state index in [1.165, 1.54) is 10.4 Å². The Kier molecular flexibility index (Phi) is 4.66. The Bertz CT molecular complexity index is 746. The molecule has 0 saturated carbocycles. The van der Waals surface area contributed by atoms with E-state index in [2.05, 4.69) is 24.0 Å². The number of carbonyl (C=O) groups excluding carboxylic acids is 1. The number of carbonyl (C=O) groups is 1. The normalized spacial score (nSPS) is 18.3. The van der Waals surface area contributed by atoms with E-state index in [0.717, 1.165) is 37.1 Å². The van der Waals surface area contributed by atoms with Crippen LogP contribution in [0.25, 0.3) is 0 Å². The molecule has 1 amide bonds. The van der Waals surface area contributed by atoms with Crippen molar-refractivity contribution >= 4 is 17.2 Å². The Labute approximate surface area is 138 Å². The average Bonchev–Trinajstić information content (AvgIpc) is 3.14. The molecule has 0 bridgehead atoms. The number of aromatic amines is 1. The van der Waals surface area contributed by atoms with E-state index in [1.807, 2.05) is 11.0 Å². The molecule has 3 heterocycles. The highest BCUT2D eigenvalue weighted by Crippen LogP contribution is 2.29. The Hall–Kier alpha value is -1.89. The predicted octanol–water partition coefficient (Wildman–Crippen LogP) is 2.71. The molecular weight excluding hydrogens is 314 g/mol. The van der Waals surface area contributed by atoms with Gasteiger partial charge in [-0.15, -0.1) is 16.4 Å². The molecule has 3 rings (SSSR count). The van der Waals surface area contributed by atoms with Crippen LogP contribution >= 0.6 is 11.3 Å². The summed E-state index contributed by atoms with van der Waals surface area (Å²) in [7, 11) is 0. The van der Waals surface area contributed by atoms with Crippen molar-refractivity contribution < 1.29 is 9.21 Å². The van der Waals surface area contributed by atoms with Crippen LogP contribution in [0, 0.1) is 6.92 Å². The van der Waals surface area contributed by atoms with Gasteiger partial charge >= 0.3 is 5.76 Å². The fourth-order valence-electron chi connectivity index (χ4n) is 3.08. The van der Waals surface area contributed by atoms with Crippen LogP contribution in [0.3, 0.4) is 0 Å². The van der Waals surface area contributed by atoms with Crippen LogP contribution in [0.4, 0.5) is 0 Å². The summed E-state index contributed by atoms with van der Waals surface area (Å²) in [4.78, 5) is 27.8. The lowest BCUT2D eigenvalue weighted by Gasteiger charge is -2.30. The van der Waals surface area contributed by atoms with Gasteiger partial charge in [0.1, 0.15) is 0 Å². The maximum atomic E-state index is 12.8. The van der Waals surface area contributed by atoms with Crippen molar-refractivity contribution in [2.45, 2.75) is 45.4 Å². The summed E-state index contributed by atoms with van der Waals surface area (Å²) >= 11 is 1.57. The molecule has 0 radical (unpaired) electrons. The molecule has 1 fully saturated rings. The van der Waals surface area contributed by atoms with Crippen molar-refractivity contribution in [1.29, 1.82) is 0 Å². The Morgan fingerprint density at radius 3 is 3.09 bits per heavy atom. The summed E-state index contributed by atoms with van der Waals surface area (Å²) in [6.45, 7) is 5.51. The standard InChI is InChI=1S/C16H21N3O3S/c1-3-5-11-8-13(23-10(11)2)15(20)19-7-4-6-12(9-19)14-17-18-16(21)22-14/h8,12H,3-7,9H2,1-2H3,(H,18,21). The zero-order valence-corrected chi connectivity index (χ0v) is 14.2. The van der Waals surface area contributed by atoms with Gasteiger partial charge in [-0.25, -0.2) is 9.89 Å². The third-order valence-electron chi connectivity index (χ3n) is 4.26. The number of rotatable bonds is 4. The van der Waals surface area contributed by atoms with Gasteiger partial charge < -0.3 is 9.32 Å². The molecule has 1 saturated heterocycles. The molecule has 0 aromatic carbocycles. The number of hydrogen-bond donors (Lipinski definition) is 1. The number of piperidine rings is 1. The molecular formula is C16H21N3O3S. The molecule has 23 heavy (non-hydrogen) atoms. The number of amides is 1. The number of nitrogens with zero attached hydrogens (tertiary/aromatic N) is 2. The number of aromatic nitrogens is 2. The maximum absolute atomic E-state index is 12.8. The molecule has 0 aliphatic carbocycles. The highest BCUT2D eigenvalue weighted by Gasteiger charge is 2.29. The van der Waals surface area contributed by atoms with E-state index >= 15 is 0 Å². The summed E-state index contributed by atoms with van der Waals surface area (Å²) in [6.07, 6.45) is 3.85. The molecule has 1 aliphatic heterocycles. The minimum absolute atomic E-state index is 0.0113. The van der Waals surface area contributed by atoms with Gasteiger partial charge in [0.25, 0.3) is 5.91 Å². The number of aryl methyl sites for hydroxylation is 2. The average molecular weight is 335 g/mol. The van der Waals surface area contributed by atoms with Gasteiger partial charge in [-0.05, 0) is 37.8 Å². The second kappa shape index (κ2) is 6.70. The molecule has 124 valence electrons. The zero-order chi connectivity index (χ0) is 16.4.